The lowest BCUT2D eigenvalue weighted by molar-refractivity contribution is -0.116. The standard InChI is InChI=1S/C13H14N2O2/c16-12-9(8-10-2-1-7-17-10)3-4-11(12)13-14-5-6-15-13/h1-2,7-8,11H,3-6H2,(H,14,15)/b9-8+/t11-/m1/s1. The van der Waals surface area contributed by atoms with E-state index in [1.54, 1.807) is 6.26 Å². The molecule has 0 radical (unpaired) electrons. The summed E-state index contributed by atoms with van der Waals surface area (Å²) in [6, 6.07) is 3.69. The summed E-state index contributed by atoms with van der Waals surface area (Å²) in [4.78, 5) is 16.5. The van der Waals surface area contributed by atoms with Crippen LogP contribution in [-0.4, -0.2) is 24.7 Å². The Labute approximate surface area is 99.4 Å². The van der Waals surface area contributed by atoms with Gasteiger partial charge in [-0.1, -0.05) is 0 Å². The summed E-state index contributed by atoms with van der Waals surface area (Å²) in [5.41, 5.74) is 0.848. The van der Waals surface area contributed by atoms with Crippen molar-refractivity contribution in [2.75, 3.05) is 13.1 Å². The first-order valence-electron chi connectivity index (χ1n) is 5.91. The van der Waals surface area contributed by atoms with Crippen molar-refractivity contribution in [1.82, 2.24) is 5.32 Å². The van der Waals surface area contributed by atoms with Crippen molar-refractivity contribution in [2.45, 2.75) is 12.8 Å². The monoisotopic (exact) mass is 230 g/mol. The Morgan fingerprint density at radius 1 is 1.53 bits per heavy atom. The van der Waals surface area contributed by atoms with Crippen molar-refractivity contribution >= 4 is 17.7 Å². The van der Waals surface area contributed by atoms with Gasteiger partial charge >= 0.3 is 0 Å². The van der Waals surface area contributed by atoms with E-state index in [0.29, 0.717) is 0 Å². The molecule has 17 heavy (non-hydrogen) atoms. The van der Waals surface area contributed by atoms with Gasteiger partial charge in [0.05, 0.1) is 18.7 Å². The fourth-order valence-corrected chi connectivity index (χ4v) is 2.38. The lowest BCUT2D eigenvalue weighted by Gasteiger charge is -2.07. The number of nitrogens with one attached hydrogen (secondary N) is 1. The number of nitrogens with zero attached hydrogens (tertiary/aromatic N) is 1. The van der Waals surface area contributed by atoms with E-state index in [4.69, 9.17) is 4.42 Å². The van der Waals surface area contributed by atoms with Gasteiger partial charge in [0, 0.05) is 6.54 Å². The molecular formula is C13H14N2O2. The zero-order chi connectivity index (χ0) is 11.7. The number of Topliss-reactive ketones (excluding diaryl/α,β-unsaturated/α-hetero) is 1. The molecule has 1 atom stereocenters. The second kappa shape index (κ2) is 4.20. The average Bonchev–Trinajstić information content (AvgIpc) is 3.03. The molecule has 1 saturated carbocycles. The largest absolute Gasteiger partial charge is 0.465 e. The molecule has 1 fully saturated rings. The summed E-state index contributed by atoms with van der Waals surface area (Å²) in [6.45, 7) is 1.65. The molecule has 2 heterocycles. The van der Waals surface area contributed by atoms with Gasteiger partial charge in [-0.2, -0.15) is 0 Å². The highest BCUT2D eigenvalue weighted by molar-refractivity contribution is 6.15. The van der Waals surface area contributed by atoms with E-state index in [-0.39, 0.29) is 11.7 Å². The van der Waals surface area contributed by atoms with E-state index in [0.717, 1.165) is 43.1 Å². The Morgan fingerprint density at radius 3 is 3.18 bits per heavy atom. The molecule has 88 valence electrons. The number of ketones is 1. The maximum absolute atomic E-state index is 12.2. The third kappa shape index (κ3) is 1.90. The van der Waals surface area contributed by atoms with Crippen LogP contribution in [0.25, 0.3) is 6.08 Å². The van der Waals surface area contributed by atoms with E-state index in [2.05, 4.69) is 10.3 Å². The van der Waals surface area contributed by atoms with Gasteiger partial charge in [0.25, 0.3) is 0 Å². The first-order chi connectivity index (χ1) is 8.34. The predicted octanol–water partition coefficient (Wildman–Crippen LogP) is 1.64. The molecular weight excluding hydrogens is 216 g/mol. The lowest BCUT2D eigenvalue weighted by atomic mass is 10.0. The van der Waals surface area contributed by atoms with E-state index in [1.165, 1.54) is 0 Å². The molecule has 2 aliphatic rings. The third-order valence-corrected chi connectivity index (χ3v) is 3.23. The summed E-state index contributed by atoms with van der Waals surface area (Å²) in [7, 11) is 0. The molecule has 1 aromatic rings. The molecule has 0 unspecified atom stereocenters. The quantitative estimate of drug-likeness (QED) is 0.786. The van der Waals surface area contributed by atoms with Gasteiger partial charge in [0.15, 0.2) is 5.78 Å². The number of amidine groups is 1. The van der Waals surface area contributed by atoms with Gasteiger partial charge in [0.1, 0.15) is 11.6 Å². The summed E-state index contributed by atoms with van der Waals surface area (Å²) in [5.74, 6) is 1.75. The molecule has 0 saturated heterocycles. The van der Waals surface area contributed by atoms with Crippen LogP contribution in [0.3, 0.4) is 0 Å². The fourth-order valence-electron chi connectivity index (χ4n) is 2.38. The molecule has 0 spiro atoms. The molecule has 1 aromatic heterocycles. The molecule has 0 bridgehead atoms. The number of rotatable bonds is 2. The highest BCUT2D eigenvalue weighted by Gasteiger charge is 2.34. The van der Waals surface area contributed by atoms with E-state index in [1.807, 2.05) is 18.2 Å². The molecule has 4 heteroatoms. The van der Waals surface area contributed by atoms with Gasteiger partial charge < -0.3 is 9.73 Å². The SMILES string of the molecule is O=C1/C(=C/c2ccco2)CC[C@H]1C1=NCCN1. The van der Waals surface area contributed by atoms with Gasteiger partial charge in [-0.25, -0.2) is 0 Å². The smallest absolute Gasteiger partial charge is 0.169 e. The Hall–Kier alpha value is -1.84. The minimum atomic E-state index is -0.0567. The number of allylic oxidation sites excluding steroid dienone is 1. The molecule has 0 aromatic carbocycles. The van der Waals surface area contributed by atoms with Gasteiger partial charge in [-0.05, 0) is 36.6 Å². The first-order valence-corrected chi connectivity index (χ1v) is 5.91. The molecule has 3 rings (SSSR count). The number of carbonyl (C=O) groups excluding carboxylic acids is 1. The number of hydrogen-bond acceptors (Lipinski definition) is 4. The van der Waals surface area contributed by atoms with Crippen LogP contribution in [0.2, 0.25) is 0 Å². The zero-order valence-electron chi connectivity index (χ0n) is 9.48. The molecule has 1 aliphatic carbocycles. The Kier molecular flexibility index (Phi) is 2.55. The molecule has 1 N–H and O–H groups in total. The van der Waals surface area contributed by atoms with Crippen LogP contribution in [0.1, 0.15) is 18.6 Å². The van der Waals surface area contributed by atoms with Gasteiger partial charge in [0.2, 0.25) is 0 Å². The van der Waals surface area contributed by atoms with Crippen LogP contribution in [0.15, 0.2) is 33.4 Å². The van der Waals surface area contributed by atoms with Crippen LogP contribution in [0.4, 0.5) is 0 Å². The minimum absolute atomic E-state index is 0.0567. The highest BCUT2D eigenvalue weighted by atomic mass is 16.3. The van der Waals surface area contributed by atoms with Crippen molar-refractivity contribution < 1.29 is 9.21 Å². The molecule has 0 amide bonds. The second-order valence-corrected chi connectivity index (χ2v) is 4.33. The van der Waals surface area contributed by atoms with E-state index < -0.39 is 0 Å². The summed E-state index contributed by atoms with van der Waals surface area (Å²) >= 11 is 0. The average molecular weight is 230 g/mol. The van der Waals surface area contributed by atoms with Crippen molar-refractivity contribution in [3.8, 4) is 0 Å². The van der Waals surface area contributed by atoms with E-state index >= 15 is 0 Å². The van der Waals surface area contributed by atoms with Crippen molar-refractivity contribution in [2.24, 2.45) is 10.9 Å². The van der Waals surface area contributed by atoms with Gasteiger partial charge in [-0.15, -0.1) is 0 Å². The predicted molar refractivity (Wildman–Crippen MR) is 64.7 cm³/mol. The third-order valence-electron chi connectivity index (χ3n) is 3.23. The Balaban J connectivity index is 1.80. The summed E-state index contributed by atoms with van der Waals surface area (Å²) in [5, 5.41) is 3.19. The minimum Gasteiger partial charge on any atom is -0.465 e. The number of furan rings is 1. The van der Waals surface area contributed by atoms with Crippen molar-refractivity contribution in [3.05, 3.63) is 29.7 Å². The number of hydrogen-bond donors (Lipinski definition) is 1. The second-order valence-electron chi connectivity index (χ2n) is 4.33. The van der Waals surface area contributed by atoms with Crippen molar-refractivity contribution in [3.63, 3.8) is 0 Å². The lowest BCUT2D eigenvalue weighted by Crippen LogP contribution is -2.29. The Bertz CT molecular complexity index is 486. The summed E-state index contributed by atoms with van der Waals surface area (Å²) in [6.07, 6.45) is 5.13. The summed E-state index contributed by atoms with van der Waals surface area (Å²) < 4.78 is 5.23. The van der Waals surface area contributed by atoms with Crippen LogP contribution in [0.5, 0.6) is 0 Å². The van der Waals surface area contributed by atoms with E-state index in [9.17, 15) is 4.79 Å². The first kappa shape index (κ1) is 10.3. The van der Waals surface area contributed by atoms with Crippen molar-refractivity contribution in [1.29, 1.82) is 0 Å². The van der Waals surface area contributed by atoms with Crippen LogP contribution in [-0.2, 0) is 4.79 Å². The van der Waals surface area contributed by atoms with Gasteiger partial charge in [-0.3, -0.25) is 9.79 Å². The Morgan fingerprint density at radius 2 is 2.47 bits per heavy atom. The topological polar surface area (TPSA) is 54.6 Å². The van der Waals surface area contributed by atoms with Crippen LogP contribution in [0, 0.1) is 5.92 Å². The number of aliphatic imine (C=N–C) groups is 1. The normalized spacial score (nSPS) is 26.4. The van der Waals surface area contributed by atoms with Crippen LogP contribution < -0.4 is 5.32 Å². The van der Waals surface area contributed by atoms with Crippen LogP contribution >= 0.6 is 0 Å². The maximum Gasteiger partial charge on any atom is 0.169 e. The molecule has 1 aliphatic heterocycles. The molecule has 4 nitrogen and oxygen atoms in total. The highest BCUT2D eigenvalue weighted by Crippen LogP contribution is 2.29. The maximum atomic E-state index is 12.2. The zero-order valence-corrected chi connectivity index (χ0v) is 9.48. The number of carbonyl (C=O) groups is 1. The fraction of sp³-hybridized carbons (Fsp3) is 0.385.